The van der Waals surface area contributed by atoms with Gasteiger partial charge in [0.05, 0.1) is 0 Å². The zero-order chi connectivity index (χ0) is 17.5. The van der Waals surface area contributed by atoms with Crippen LogP contribution in [0.5, 0.6) is 0 Å². The second-order valence-corrected chi connectivity index (χ2v) is 9.04. The Morgan fingerprint density at radius 1 is 0.680 bits per heavy atom. The van der Waals surface area contributed by atoms with Gasteiger partial charge in [-0.05, 0) is 66.9 Å². The molecule has 0 N–H and O–H groups in total. The van der Waals surface area contributed by atoms with Gasteiger partial charge in [0.2, 0.25) is 0 Å². The van der Waals surface area contributed by atoms with Crippen molar-refractivity contribution < 1.29 is 0 Å². The fraction of sp³-hybridized carbons (Fsp3) is 0.760. The summed E-state index contributed by atoms with van der Waals surface area (Å²) in [5.41, 5.74) is 3.08. The predicted octanol–water partition coefficient (Wildman–Crippen LogP) is 7.91. The van der Waals surface area contributed by atoms with Crippen molar-refractivity contribution in [3.05, 3.63) is 35.4 Å². The average molecular weight is 341 g/mol. The Balaban J connectivity index is 1.32. The van der Waals surface area contributed by atoms with Gasteiger partial charge in [-0.1, -0.05) is 89.5 Å². The molecule has 3 rings (SSSR count). The molecule has 0 amide bonds. The Labute approximate surface area is 156 Å². The predicted molar refractivity (Wildman–Crippen MR) is 110 cm³/mol. The van der Waals surface area contributed by atoms with Crippen molar-refractivity contribution in [2.24, 2.45) is 17.8 Å². The number of rotatable bonds is 7. The molecule has 0 bridgehead atoms. The fourth-order valence-electron chi connectivity index (χ4n) is 5.43. The normalized spacial score (nSPS) is 30.3. The molecule has 140 valence electrons. The summed E-state index contributed by atoms with van der Waals surface area (Å²) in [4.78, 5) is 0. The van der Waals surface area contributed by atoms with Gasteiger partial charge in [0.15, 0.2) is 0 Å². The highest BCUT2D eigenvalue weighted by Crippen LogP contribution is 2.39. The molecule has 0 unspecified atom stereocenters. The Morgan fingerprint density at radius 3 is 1.72 bits per heavy atom. The summed E-state index contributed by atoms with van der Waals surface area (Å²) in [6.07, 6.45) is 19.0. The lowest BCUT2D eigenvalue weighted by Gasteiger charge is -2.30. The molecule has 2 saturated carbocycles. The van der Waals surface area contributed by atoms with Crippen molar-refractivity contribution in [3.8, 4) is 0 Å². The molecule has 0 heteroatoms. The molecule has 2 aliphatic rings. The van der Waals surface area contributed by atoms with Crippen molar-refractivity contribution in [2.75, 3.05) is 0 Å². The van der Waals surface area contributed by atoms with Crippen molar-refractivity contribution >= 4 is 0 Å². The Bertz CT molecular complexity index is 469. The molecule has 0 nitrogen and oxygen atoms in total. The van der Waals surface area contributed by atoms with Crippen LogP contribution in [-0.2, 0) is 6.42 Å². The Hall–Kier alpha value is -0.780. The maximum atomic E-state index is 2.40. The third-order valence-electron chi connectivity index (χ3n) is 7.47. The lowest BCUT2D eigenvalue weighted by atomic mass is 9.75. The van der Waals surface area contributed by atoms with Gasteiger partial charge in [0, 0.05) is 0 Å². The van der Waals surface area contributed by atoms with Crippen molar-refractivity contribution in [1.29, 1.82) is 0 Å². The molecular weight excluding hydrogens is 300 g/mol. The van der Waals surface area contributed by atoms with Gasteiger partial charge in [-0.15, -0.1) is 0 Å². The molecule has 1 aromatic carbocycles. The SMILES string of the molecule is CCc1ccc(C2CCC(CCCC3CCC(CC)CC3)CC2)cc1. The first-order valence-electron chi connectivity index (χ1n) is 11.4. The van der Waals surface area contributed by atoms with Gasteiger partial charge in [-0.25, -0.2) is 0 Å². The third-order valence-corrected chi connectivity index (χ3v) is 7.47. The van der Waals surface area contributed by atoms with Gasteiger partial charge >= 0.3 is 0 Å². The summed E-state index contributed by atoms with van der Waals surface area (Å²) in [7, 11) is 0. The van der Waals surface area contributed by atoms with E-state index in [0.29, 0.717) is 0 Å². The summed E-state index contributed by atoms with van der Waals surface area (Å²) in [5.74, 6) is 3.98. The Kier molecular flexibility index (Phi) is 7.44. The summed E-state index contributed by atoms with van der Waals surface area (Å²) in [6, 6.07) is 9.48. The molecular formula is C25H40. The largest absolute Gasteiger partial charge is 0.0651 e. The van der Waals surface area contributed by atoms with Gasteiger partial charge in [-0.2, -0.15) is 0 Å². The topological polar surface area (TPSA) is 0 Å². The van der Waals surface area contributed by atoms with Crippen LogP contribution < -0.4 is 0 Å². The number of hydrogen-bond acceptors (Lipinski definition) is 0. The fourth-order valence-corrected chi connectivity index (χ4v) is 5.43. The van der Waals surface area contributed by atoms with Gasteiger partial charge in [0.25, 0.3) is 0 Å². The highest BCUT2D eigenvalue weighted by molar-refractivity contribution is 5.25. The zero-order valence-corrected chi connectivity index (χ0v) is 16.8. The van der Waals surface area contributed by atoms with E-state index in [4.69, 9.17) is 0 Å². The quantitative estimate of drug-likeness (QED) is 0.473. The maximum absolute atomic E-state index is 2.40. The summed E-state index contributed by atoms with van der Waals surface area (Å²) in [6.45, 7) is 4.62. The second kappa shape index (κ2) is 9.79. The first-order chi connectivity index (χ1) is 12.3. The third kappa shape index (κ3) is 5.60. The van der Waals surface area contributed by atoms with E-state index in [2.05, 4.69) is 38.1 Å². The van der Waals surface area contributed by atoms with Crippen LogP contribution in [-0.4, -0.2) is 0 Å². The van der Waals surface area contributed by atoms with Crippen LogP contribution in [0.25, 0.3) is 0 Å². The van der Waals surface area contributed by atoms with E-state index < -0.39 is 0 Å². The minimum absolute atomic E-state index is 0.839. The standard InChI is InChI=1S/C25H40/c1-3-20-8-10-22(11-9-20)6-5-7-23-14-18-25(19-15-23)24-16-12-21(4-2)13-17-24/h12-13,16-17,20,22-23,25H,3-11,14-15,18-19H2,1-2H3. The minimum Gasteiger partial charge on any atom is -0.0651 e. The highest BCUT2D eigenvalue weighted by atomic mass is 14.3. The van der Waals surface area contributed by atoms with E-state index >= 15 is 0 Å². The minimum atomic E-state index is 0.839. The molecule has 25 heavy (non-hydrogen) atoms. The van der Waals surface area contributed by atoms with E-state index in [1.165, 1.54) is 82.6 Å². The van der Waals surface area contributed by atoms with Crippen LogP contribution >= 0.6 is 0 Å². The molecule has 0 aromatic heterocycles. The van der Waals surface area contributed by atoms with Crippen molar-refractivity contribution in [1.82, 2.24) is 0 Å². The lowest BCUT2D eigenvalue weighted by Crippen LogP contribution is -2.16. The number of benzene rings is 1. The molecule has 0 heterocycles. The van der Waals surface area contributed by atoms with E-state index in [9.17, 15) is 0 Å². The van der Waals surface area contributed by atoms with Gasteiger partial charge in [-0.3, -0.25) is 0 Å². The summed E-state index contributed by atoms with van der Waals surface area (Å²) < 4.78 is 0. The molecule has 0 radical (unpaired) electrons. The van der Waals surface area contributed by atoms with Crippen LogP contribution in [0.1, 0.15) is 108 Å². The van der Waals surface area contributed by atoms with Crippen molar-refractivity contribution in [3.63, 3.8) is 0 Å². The molecule has 2 aliphatic carbocycles. The molecule has 0 saturated heterocycles. The molecule has 2 fully saturated rings. The van der Waals surface area contributed by atoms with Gasteiger partial charge in [0.1, 0.15) is 0 Å². The van der Waals surface area contributed by atoms with Crippen LogP contribution in [0, 0.1) is 17.8 Å². The maximum Gasteiger partial charge on any atom is -0.0162 e. The van der Waals surface area contributed by atoms with Crippen LogP contribution in [0.2, 0.25) is 0 Å². The first-order valence-corrected chi connectivity index (χ1v) is 11.4. The molecule has 1 aromatic rings. The monoisotopic (exact) mass is 340 g/mol. The van der Waals surface area contributed by atoms with Crippen LogP contribution in [0.3, 0.4) is 0 Å². The Morgan fingerprint density at radius 2 is 1.20 bits per heavy atom. The van der Waals surface area contributed by atoms with E-state index in [1.807, 2.05) is 0 Å². The van der Waals surface area contributed by atoms with Crippen LogP contribution in [0.4, 0.5) is 0 Å². The smallest absolute Gasteiger partial charge is 0.0162 e. The number of aryl methyl sites for hydroxylation is 1. The summed E-state index contributed by atoms with van der Waals surface area (Å²) >= 11 is 0. The van der Waals surface area contributed by atoms with E-state index in [-0.39, 0.29) is 0 Å². The molecule has 0 aliphatic heterocycles. The highest BCUT2D eigenvalue weighted by Gasteiger charge is 2.23. The summed E-state index contributed by atoms with van der Waals surface area (Å²) in [5, 5.41) is 0. The average Bonchev–Trinajstić information content (AvgIpc) is 2.69. The number of hydrogen-bond donors (Lipinski definition) is 0. The lowest BCUT2D eigenvalue weighted by molar-refractivity contribution is 0.241. The molecule has 0 spiro atoms. The first kappa shape index (κ1) is 19.0. The van der Waals surface area contributed by atoms with E-state index in [0.717, 1.165) is 30.1 Å². The second-order valence-electron chi connectivity index (χ2n) is 9.04. The van der Waals surface area contributed by atoms with Gasteiger partial charge < -0.3 is 0 Å². The van der Waals surface area contributed by atoms with E-state index in [1.54, 1.807) is 5.56 Å². The zero-order valence-electron chi connectivity index (χ0n) is 16.8. The molecule has 0 atom stereocenters. The van der Waals surface area contributed by atoms with Crippen molar-refractivity contribution in [2.45, 2.75) is 103 Å². The van der Waals surface area contributed by atoms with Crippen LogP contribution in [0.15, 0.2) is 24.3 Å².